The number of nitrogens with zero attached hydrogens (tertiary/aromatic N) is 2. The fraction of sp³-hybridized carbons (Fsp3) is 0.103. The lowest BCUT2D eigenvalue weighted by molar-refractivity contribution is 0.0923. The number of rotatable bonds is 7. The number of hydrogen-bond donors (Lipinski definition) is 1. The third-order valence-electron chi connectivity index (χ3n) is 5.97. The molecule has 0 saturated carbocycles. The molecule has 1 aliphatic rings. The first kappa shape index (κ1) is 23.0. The van der Waals surface area contributed by atoms with Crippen LogP contribution in [0.5, 0.6) is 5.75 Å². The predicted octanol–water partition coefficient (Wildman–Crippen LogP) is 4.70. The van der Waals surface area contributed by atoms with Gasteiger partial charge in [0.05, 0.1) is 22.5 Å². The van der Waals surface area contributed by atoms with Gasteiger partial charge < -0.3 is 10.1 Å². The van der Waals surface area contributed by atoms with Gasteiger partial charge in [0.1, 0.15) is 12.4 Å². The molecule has 3 aromatic carbocycles. The van der Waals surface area contributed by atoms with Gasteiger partial charge in [-0.25, -0.2) is 4.90 Å². The van der Waals surface area contributed by atoms with E-state index in [2.05, 4.69) is 10.3 Å². The Kier molecular flexibility index (Phi) is 6.28. The predicted molar refractivity (Wildman–Crippen MR) is 135 cm³/mol. The Hall–Kier alpha value is -4.78. The number of para-hydroxylation sites is 1. The zero-order chi connectivity index (χ0) is 25.1. The lowest BCUT2D eigenvalue weighted by atomic mass is 10.1. The van der Waals surface area contributed by atoms with Gasteiger partial charge in [-0.1, -0.05) is 36.4 Å². The van der Waals surface area contributed by atoms with E-state index in [1.165, 1.54) is 12.1 Å². The Morgan fingerprint density at radius 3 is 2.50 bits per heavy atom. The van der Waals surface area contributed by atoms with E-state index < -0.39 is 11.8 Å². The van der Waals surface area contributed by atoms with Gasteiger partial charge in [-0.2, -0.15) is 0 Å². The average Bonchev–Trinajstić information content (AvgIpc) is 3.16. The molecule has 1 N–H and O–H groups in total. The number of amides is 3. The molecule has 0 aliphatic carbocycles. The number of anilines is 1. The molecular formula is C29H23N3O4. The van der Waals surface area contributed by atoms with Gasteiger partial charge in [0.25, 0.3) is 17.7 Å². The summed E-state index contributed by atoms with van der Waals surface area (Å²) in [7, 11) is 0. The van der Waals surface area contributed by atoms with E-state index in [1.54, 1.807) is 24.4 Å². The zero-order valence-corrected chi connectivity index (χ0v) is 19.6. The van der Waals surface area contributed by atoms with Crippen molar-refractivity contribution in [3.8, 4) is 5.75 Å². The van der Waals surface area contributed by atoms with Crippen LogP contribution in [0, 0.1) is 6.92 Å². The van der Waals surface area contributed by atoms with Crippen molar-refractivity contribution in [2.45, 2.75) is 20.1 Å². The van der Waals surface area contributed by atoms with Crippen molar-refractivity contribution in [3.63, 3.8) is 0 Å². The first-order valence-corrected chi connectivity index (χ1v) is 11.5. The van der Waals surface area contributed by atoms with Crippen LogP contribution in [0.15, 0.2) is 91.1 Å². The Labute approximate surface area is 208 Å². The van der Waals surface area contributed by atoms with Gasteiger partial charge in [0.2, 0.25) is 0 Å². The van der Waals surface area contributed by atoms with Crippen LogP contribution in [0.1, 0.15) is 47.9 Å². The molecule has 4 aromatic rings. The molecular weight excluding hydrogens is 454 g/mol. The number of benzene rings is 3. The van der Waals surface area contributed by atoms with Crippen LogP contribution in [-0.2, 0) is 13.2 Å². The normalized spacial score (nSPS) is 12.4. The summed E-state index contributed by atoms with van der Waals surface area (Å²) in [6, 6.07) is 24.9. The maximum absolute atomic E-state index is 13.1. The molecule has 0 spiro atoms. The fourth-order valence-electron chi connectivity index (χ4n) is 4.09. The molecule has 178 valence electrons. The second-order valence-corrected chi connectivity index (χ2v) is 8.43. The fourth-order valence-corrected chi connectivity index (χ4v) is 4.09. The van der Waals surface area contributed by atoms with Gasteiger partial charge in [-0.05, 0) is 66.6 Å². The number of hydrogen-bond acceptors (Lipinski definition) is 5. The molecule has 0 saturated heterocycles. The minimum Gasteiger partial charge on any atom is -0.487 e. The summed E-state index contributed by atoms with van der Waals surface area (Å²) >= 11 is 0. The van der Waals surface area contributed by atoms with E-state index in [-0.39, 0.29) is 23.6 Å². The molecule has 1 aliphatic heterocycles. The third kappa shape index (κ3) is 4.59. The average molecular weight is 478 g/mol. The molecule has 2 heterocycles. The lowest BCUT2D eigenvalue weighted by Gasteiger charge is -2.16. The quantitative estimate of drug-likeness (QED) is 0.390. The number of carbonyl (C=O) groups is 3. The summed E-state index contributed by atoms with van der Waals surface area (Å²) < 4.78 is 5.80. The Morgan fingerprint density at radius 1 is 0.889 bits per heavy atom. The highest BCUT2D eigenvalue weighted by Gasteiger charge is 2.37. The van der Waals surface area contributed by atoms with Crippen molar-refractivity contribution >= 4 is 23.4 Å². The van der Waals surface area contributed by atoms with Gasteiger partial charge in [0.15, 0.2) is 0 Å². The van der Waals surface area contributed by atoms with E-state index in [4.69, 9.17) is 4.74 Å². The number of carbonyl (C=O) groups excluding carboxylic acids is 3. The minimum absolute atomic E-state index is 0.223. The van der Waals surface area contributed by atoms with E-state index in [0.717, 1.165) is 21.7 Å². The highest BCUT2D eigenvalue weighted by molar-refractivity contribution is 6.35. The topological polar surface area (TPSA) is 88.6 Å². The number of pyridine rings is 1. The Bertz CT molecular complexity index is 1470. The number of fused-ring (bicyclic) bond motifs is 1. The van der Waals surface area contributed by atoms with Crippen LogP contribution in [0.25, 0.3) is 0 Å². The molecule has 5 rings (SSSR count). The van der Waals surface area contributed by atoms with Crippen molar-refractivity contribution < 1.29 is 19.1 Å². The van der Waals surface area contributed by atoms with E-state index in [9.17, 15) is 14.4 Å². The van der Waals surface area contributed by atoms with Crippen LogP contribution in [0.4, 0.5) is 5.69 Å². The smallest absolute Gasteiger partial charge is 0.266 e. The van der Waals surface area contributed by atoms with E-state index in [1.807, 2.05) is 61.5 Å². The minimum atomic E-state index is -0.434. The molecule has 0 atom stereocenters. The van der Waals surface area contributed by atoms with Crippen molar-refractivity contribution in [1.82, 2.24) is 10.3 Å². The molecule has 7 heteroatoms. The zero-order valence-electron chi connectivity index (χ0n) is 19.6. The van der Waals surface area contributed by atoms with Crippen molar-refractivity contribution in [1.29, 1.82) is 0 Å². The van der Waals surface area contributed by atoms with Crippen molar-refractivity contribution in [3.05, 3.63) is 125 Å². The first-order valence-electron chi connectivity index (χ1n) is 11.5. The molecule has 0 bridgehead atoms. The van der Waals surface area contributed by atoms with Crippen LogP contribution in [-0.4, -0.2) is 22.7 Å². The molecule has 0 radical (unpaired) electrons. The van der Waals surface area contributed by atoms with E-state index >= 15 is 0 Å². The maximum Gasteiger partial charge on any atom is 0.266 e. The summed E-state index contributed by atoms with van der Waals surface area (Å²) in [5, 5.41) is 2.87. The summed E-state index contributed by atoms with van der Waals surface area (Å²) in [6.45, 7) is 2.47. The molecule has 0 unspecified atom stereocenters. The Balaban J connectivity index is 1.26. The van der Waals surface area contributed by atoms with Crippen LogP contribution in [0.2, 0.25) is 0 Å². The van der Waals surface area contributed by atoms with Crippen LogP contribution in [0.3, 0.4) is 0 Å². The van der Waals surface area contributed by atoms with Crippen molar-refractivity contribution in [2.24, 2.45) is 0 Å². The largest absolute Gasteiger partial charge is 0.487 e. The second kappa shape index (κ2) is 9.84. The lowest BCUT2D eigenvalue weighted by Crippen LogP contribution is -2.30. The summed E-state index contributed by atoms with van der Waals surface area (Å²) in [5.74, 6) is -0.493. The van der Waals surface area contributed by atoms with Gasteiger partial charge in [-0.3, -0.25) is 19.4 Å². The van der Waals surface area contributed by atoms with Gasteiger partial charge in [-0.15, -0.1) is 0 Å². The maximum atomic E-state index is 13.1. The molecule has 3 amide bonds. The number of aromatic nitrogens is 1. The number of aryl methyl sites for hydroxylation is 1. The highest BCUT2D eigenvalue weighted by atomic mass is 16.5. The molecule has 0 fully saturated rings. The number of imide groups is 1. The number of nitrogens with one attached hydrogen (secondary N) is 1. The third-order valence-corrected chi connectivity index (χ3v) is 5.97. The highest BCUT2D eigenvalue weighted by Crippen LogP contribution is 2.31. The van der Waals surface area contributed by atoms with Crippen LogP contribution >= 0.6 is 0 Å². The molecule has 36 heavy (non-hydrogen) atoms. The standard InChI is InChI=1S/C29H23N3O4/c1-19-7-2-3-11-26(19)32-28(34)24-13-12-21(16-25(24)29(32)35)27(33)31-17-20-8-6-10-23(15-20)36-18-22-9-4-5-14-30-22/h2-16H,17-18H2,1H3,(H,31,33). The Morgan fingerprint density at radius 2 is 1.69 bits per heavy atom. The summed E-state index contributed by atoms with van der Waals surface area (Å²) in [4.78, 5) is 44.2. The van der Waals surface area contributed by atoms with Gasteiger partial charge in [0, 0.05) is 18.3 Å². The summed E-state index contributed by atoms with van der Waals surface area (Å²) in [6.07, 6.45) is 1.72. The second-order valence-electron chi connectivity index (χ2n) is 8.43. The molecule has 1 aromatic heterocycles. The monoisotopic (exact) mass is 477 g/mol. The first-order chi connectivity index (χ1) is 17.5. The summed E-state index contributed by atoms with van der Waals surface area (Å²) in [5.41, 5.74) is 3.86. The van der Waals surface area contributed by atoms with Crippen LogP contribution < -0.4 is 15.0 Å². The number of ether oxygens (including phenoxy) is 1. The van der Waals surface area contributed by atoms with Gasteiger partial charge >= 0.3 is 0 Å². The molecule has 7 nitrogen and oxygen atoms in total. The van der Waals surface area contributed by atoms with Crippen molar-refractivity contribution in [2.75, 3.05) is 4.90 Å². The SMILES string of the molecule is Cc1ccccc1N1C(=O)c2ccc(C(=O)NCc3cccc(OCc4ccccn4)c3)cc2C1=O. The van der Waals surface area contributed by atoms with E-state index in [0.29, 0.717) is 23.6 Å².